The molecule has 0 aromatic heterocycles. The third kappa shape index (κ3) is 2.25. The molecule has 0 saturated carbocycles. The molecule has 0 atom stereocenters. The molecule has 2 N–H and O–H groups in total. The lowest BCUT2D eigenvalue weighted by Gasteiger charge is -2.09. The van der Waals surface area contributed by atoms with Crippen molar-refractivity contribution in [3.63, 3.8) is 0 Å². The lowest BCUT2D eigenvalue weighted by molar-refractivity contribution is -0.122. The normalized spacial score (nSPS) is 19.2. The summed E-state index contributed by atoms with van der Waals surface area (Å²) in [6.45, 7) is 0.699. The molecule has 2 heterocycles. The van der Waals surface area contributed by atoms with Crippen LogP contribution in [-0.4, -0.2) is 35.9 Å². The second-order valence-electron chi connectivity index (χ2n) is 4.23. The minimum atomic E-state index is -0.303. The summed E-state index contributed by atoms with van der Waals surface area (Å²) in [6.07, 6.45) is 1.67. The number of hydrogen-bond donors (Lipinski definition) is 1. The van der Waals surface area contributed by atoms with Gasteiger partial charge in [0.15, 0.2) is 11.5 Å². The number of carbonyl (C=O) groups excluding carboxylic acids is 2. The molecule has 0 unspecified atom stereocenters. The fourth-order valence-corrected chi connectivity index (χ4v) is 2.84. The van der Waals surface area contributed by atoms with Gasteiger partial charge in [-0.15, -0.1) is 0 Å². The summed E-state index contributed by atoms with van der Waals surface area (Å²) < 4.78 is 10.5. The summed E-state index contributed by atoms with van der Waals surface area (Å²) in [5.41, 5.74) is 6.17. The Morgan fingerprint density at radius 2 is 2.10 bits per heavy atom. The Labute approximate surface area is 119 Å². The fraction of sp³-hybridized carbons (Fsp3) is 0.231. The van der Waals surface area contributed by atoms with Gasteiger partial charge in [0.25, 0.3) is 11.1 Å². The van der Waals surface area contributed by atoms with Crippen molar-refractivity contribution in [3.05, 3.63) is 28.7 Å². The Morgan fingerprint density at radius 3 is 2.90 bits per heavy atom. The summed E-state index contributed by atoms with van der Waals surface area (Å²) in [4.78, 5) is 25.3. The van der Waals surface area contributed by atoms with Crippen LogP contribution in [0.1, 0.15) is 5.56 Å². The molecule has 2 amide bonds. The number of ether oxygens (including phenoxy) is 2. The lowest BCUT2D eigenvalue weighted by Crippen LogP contribution is -2.33. The Balaban J connectivity index is 1.86. The highest BCUT2D eigenvalue weighted by Gasteiger charge is 2.34. The van der Waals surface area contributed by atoms with Crippen molar-refractivity contribution in [2.75, 3.05) is 19.9 Å². The predicted molar refractivity (Wildman–Crippen MR) is 74.3 cm³/mol. The van der Waals surface area contributed by atoms with Crippen molar-refractivity contribution in [3.8, 4) is 11.5 Å². The van der Waals surface area contributed by atoms with Gasteiger partial charge in [-0.2, -0.15) is 0 Å². The van der Waals surface area contributed by atoms with E-state index in [-0.39, 0.29) is 31.0 Å². The monoisotopic (exact) mass is 292 g/mol. The van der Waals surface area contributed by atoms with Gasteiger partial charge in [-0.25, -0.2) is 0 Å². The minimum absolute atomic E-state index is 0.200. The maximum atomic E-state index is 12.0. The van der Waals surface area contributed by atoms with Crippen LogP contribution < -0.4 is 15.2 Å². The van der Waals surface area contributed by atoms with Gasteiger partial charge in [0.2, 0.25) is 6.79 Å². The number of thioether (sulfide) groups is 1. The molecule has 0 bridgehead atoms. The number of carbonyl (C=O) groups is 2. The Bertz CT molecular complexity index is 614. The first kappa shape index (κ1) is 13.0. The second kappa shape index (κ2) is 5.18. The zero-order chi connectivity index (χ0) is 14.1. The number of benzene rings is 1. The van der Waals surface area contributed by atoms with Crippen LogP contribution in [0.15, 0.2) is 23.1 Å². The van der Waals surface area contributed by atoms with Crippen LogP contribution in [0.2, 0.25) is 0 Å². The number of imide groups is 1. The van der Waals surface area contributed by atoms with E-state index in [1.54, 1.807) is 18.2 Å². The maximum Gasteiger partial charge on any atom is 0.293 e. The fourth-order valence-electron chi connectivity index (χ4n) is 1.98. The standard InChI is InChI=1S/C13H12N2O4S/c14-3-4-15-12(16)11(20-13(15)17)6-8-1-2-9-10(5-8)19-7-18-9/h1-2,5-6H,3-4,7,14H2/b11-6+. The van der Waals surface area contributed by atoms with E-state index in [0.29, 0.717) is 16.4 Å². The van der Waals surface area contributed by atoms with E-state index in [2.05, 4.69) is 0 Å². The molecule has 1 aromatic carbocycles. The van der Waals surface area contributed by atoms with Crippen LogP contribution in [0.4, 0.5) is 4.79 Å². The quantitative estimate of drug-likeness (QED) is 0.848. The molecule has 20 heavy (non-hydrogen) atoms. The topological polar surface area (TPSA) is 81.9 Å². The summed E-state index contributed by atoms with van der Waals surface area (Å²) in [5, 5.41) is -0.285. The van der Waals surface area contributed by atoms with Crippen LogP contribution in [0.5, 0.6) is 11.5 Å². The summed E-state index contributed by atoms with van der Waals surface area (Å²) in [7, 11) is 0. The second-order valence-corrected chi connectivity index (χ2v) is 5.23. The lowest BCUT2D eigenvalue weighted by atomic mass is 10.2. The first-order valence-electron chi connectivity index (χ1n) is 6.04. The average molecular weight is 292 g/mol. The van der Waals surface area contributed by atoms with Crippen LogP contribution in [0.25, 0.3) is 6.08 Å². The number of nitrogens with two attached hydrogens (primary N) is 1. The van der Waals surface area contributed by atoms with Crippen molar-refractivity contribution < 1.29 is 19.1 Å². The largest absolute Gasteiger partial charge is 0.454 e. The third-order valence-electron chi connectivity index (χ3n) is 2.92. The Kier molecular flexibility index (Phi) is 3.37. The van der Waals surface area contributed by atoms with Gasteiger partial charge in [-0.3, -0.25) is 14.5 Å². The molecule has 1 saturated heterocycles. The van der Waals surface area contributed by atoms with Crippen LogP contribution in [0.3, 0.4) is 0 Å². The zero-order valence-electron chi connectivity index (χ0n) is 10.5. The summed E-state index contributed by atoms with van der Waals surface area (Å²) in [5.74, 6) is 1.02. The third-order valence-corrected chi connectivity index (χ3v) is 3.83. The summed E-state index contributed by atoms with van der Waals surface area (Å²) >= 11 is 0.921. The minimum Gasteiger partial charge on any atom is -0.454 e. The SMILES string of the molecule is NCCN1C(=O)S/C(=C/c2ccc3c(c2)OCO3)C1=O. The number of hydrogen-bond acceptors (Lipinski definition) is 6. The molecular formula is C13H12N2O4S. The average Bonchev–Trinajstić information content (AvgIpc) is 2.99. The highest BCUT2D eigenvalue weighted by Crippen LogP contribution is 2.36. The van der Waals surface area contributed by atoms with Gasteiger partial charge in [0.1, 0.15) is 0 Å². The molecule has 2 aliphatic rings. The van der Waals surface area contributed by atoms with Crippen LogP contribution in [-0.2, 0) is 4.79 Å². The van der Waals surface area contributed by atoms with Crippen molar-refractivity contribution >= 4 is 29.0 Å². The van der Waals surface area contributed by atoms with Gasteiger partial charge in [-0.1, -0.05) is 6.07 Å². The first-order valence-corrected chi connectivity index (χ1v) is 6.86. The van der Waals surface area contributed by atoms with Crippen molar-refractivity contribution in [2.45, 2.75) is 0 Å². The van der Waals surface area contributed by atoms with Gasteiger partial charge in [-0.05, 0) is 35.5 Å². The van der Waals surface area contributed by atoms with Crippen molar-refractivity contribution in [1.29, 1.82) is 0 Å². The molecule has 104 valence electrons. The molecule has 3 rings (SSSR count). The number of amides is 2. The summed E-state index contributed by atoms with van der Waals surface area (Å²) in [6, 6.07) is 5.36. The van der Waals surface area contributed by atoms with E-state index in [4.69, 9.17) is 15.2 Å². The molecule has 0 spiro atoms. The van der Waals surface area contributed by atoms with E-state index < -0.39 is 0 Å². The van der Waals surface area contributed by atoms with E-state index in [1.165, 1.54) is 0 Å². The van der Waals surface area contributed by atoms with Crippen molar-refractivity contribution in [2.24, 2.45) is 5.73 Å². The van der Waals surface area contributed by atoms with E-state index in [9.17, 15) is 9.59 Å². The molecule has 2 aliphatic heterocycles. The highest BCUT2D eigenvalue weighted by atomic mass is 32.2. The number of nitrogens with zero attached hydrogens (tertiary/aromatic N) is 1. The highest BCUT2D eigenvalue weighted by molar-refractivity contribution is 8.18. The van der Waals surface area contributed by atoms with Gasteiger partial charge >= 0.3 is 0 Å². The maximum absolute atomic E-state index is 12.0. The van der Waals surface area contributed by atoms with E-state index in [1.807, 2.05) is 6.07 Å². The smallest absolute Gasteiger partial charge is 0.293 e. The van der Waals surface area contributed by atoms with E-state index in [0.717, 1.165) is 22.2 Å². The van der Waals surface area contributed by atoms with Crippen LogP contribution >= 0.6 is 11.8 Å². The molecule has 6 nitrogen and oxygen atoms in total. The van der Waals surface area contributed by atoms with Gasteiger partial charge in [0, 0.05) is 13.1 Å². The first-order chi connectivity index (χ1) is 9.69. The molecule has 1 aromatic rings. The van der Waals surface area contributed by atoms with Gasteiger partial charge < -0.3 is 15.2 Å². The van der Waals surface area contributed by atoms with Crippen LogP contribution in [0, 0.1) is 0 Å². The van der Waals surface area contributed by atoms with Crippen molar-refractivity contribution in [1.82, 2.24) is 4.90 Å². The zero-order valence-corrected chi connectivity index (χ0v) is 11.3. The Morgan fingerprint density at radius 1 is 1.30 bits per heavy atom. The predicted octanol–water partition coefficient (Wildman–Crippen LogP) is 1.41. The molecule has 7 heteroatoms. The Hall–Kier alpha value is -1.99. The van der Waals surface area contributed by atoms with E-state index >= 15 is 0 Å². The molecular weight excluding hydrogens is 280 g/mol. The molecule has 1 fully saturated rings. The number of fused-ring (bicyclic) bond motifs is 1. The molecule has 0 radical (unpaired) electrons. The molecule has 0 aliphatic carbocycles. The van der Waals surface area contributed by atoms with Gasteiger partial charge in [0.05, 0.1) is 4.91 Å². The number of rotatable bonds is 3.